The van der Waals surface area contributed by atoms with Crippen LogP contribution in [0.2, 0.25) is 0 Å². The van der Waals surface area contributed by atoms with Crippen LogP contribution < -0.4 is 20.3 Å². The first-order valence-electron chi connectivity index (χ1n) is 9.52. The molecule has 28 heavy (non-hydrogen) atoms. The maximum atomic E-state index is 13.0. The van der Waals surface area contributed by atoms with Gasteiger partial charge in [-0.1, -0.05) is 6.07 Å². The van der Waals surface area contributed by atoms with E-state index >= 15 is 0 Å². The standard InChI is InChI=1S/C21H24N4O3/c1-22-11-14-8-15(28-2)9-16-17(14)12-25(21(16)27)19-5-3-4-18(24-19)20(26)23-10-13-6-7-13/h3-5,8-9,13,22H,6-7,10-12H2,1-2H3,(H,23,26). The Kier molecular flexibility index (Phi) is 5.00. The van der Waals surface area contributed by atoms with Crippen LogP contribution in [0.25, 0.3) is 0 Å². The van der Waals surface area contributed by atoms with Gasteiger partial charge in [-0.05, 0) is 61.2 Å². The Bertz CT molecular complexity index is 924. The number of anilines is 1. The summed E-state index contributed by atoms with van der Waals surface area (Å²) in [5.74, 6) is 1.40. The van der Waals surface area contributed by atoms with E-state index in [0.29, 0.717) is 48.4 Å². The van der Waals surface area contributed by atoms with Gasteiger partial charge in [0.15, 0.2) is 0 Å². The van der Waals surface area contributed by atoms with Gasteiger partial charge >= 0.3 is 0 Å². The summed E-state index contributed by atoms with van der Waals surface area (Å²) in [4.78, 5) is 31.5. The number of fused-ring (bicyclic) bond motifs is 1. The maximum absolute atomic E-state index is 13.0. The van der Waals surface area contributed by atoms with Crippen LogP contribution >= 0.6 is 0 Å². The summed E-state index contributed by atoms with van der Waals surface area (Å²) in [6.07, 6.45) is 2.35. The second kappa shape index (κ2) is 7.59. The number of benzene rings is 1. The van der Waals surface area contributed by atoms with Crippen LogP contribution in [0, 0.1) is 5.92 Å². The molecule has 1 aromatic heterocycles. The number of carbonyl (C=O) groups is 2. The van der Waals surface area contributed by atoms with Gasteiger partial charge in [0.05, 0.1) is 13.7 Å². The number of hydrogen-bond acceptors (Lipinski definition) is 5. The Balaban J connectivity index is 1.59. The molecule has 1 saturated carbocycles. The van der Waals surface area contributed by atoms with Crippen molar-refractivity contribution >= 4 is 17.6 Å². The highest BCUT2D eigenvalue weighted by Gasteiger charge is 2.32. The van der Waals surface area contributed by atoms with Gasteiger partial charge in [-0.15, -0.1) is 0 Å². The van der Waals surface area contributed by atoms with Gasteiger partial charge in [0.1, 0.15) is 17.3 Å². The van der Waals surface area contributed by atoms with Crippen LogP contribution in [0.5, 0.6) is 5.75 Å². The molecule has 0 atom stereocenters. The number of rotatable bonds is 7. The lowest BCUT2D eigenvalue weighted by Crippen LogP contribution is -2.28. The van der Waals surface area contributed by atoms with Gasteiger partial charge in [0.25, 0.3) is 11.8 Å². The van der Waals surface area contributed by atoms with E-state index in [1.54, 1.807) is 36.3 Å². The molecule has 2 heterocycles. The predicted octanol–water partition coefficient (Wildman–Crippen LogP) is 2.11. The summed E-state index contributed by atoms with van der Waals surface area (Å²) in [5.41, 5.74) is 2.93. The van der Waals surface area contributed by atoms with Gasteiger partial charge in [0, 0.05) is 18.7 Å². The molecule has 0 radical (unpaired) electrons. The number of ether oxygens (including phenoxy) is 1. The molecule has 1 aliphatic heterocycles. The van der Waals surface area contributed by atoms with E-state index in [4.69, 9.17) is 4.74 Å². The molecule has 146 valence electrons. The molecular weight excluding hydrogens is 356 g/mol. The monoisotopic (exact) mass is 380 g/mol. The van der Waals surface area contributed by atoms with E-state index in [1.807, 2.05) is 13.1 Å². The van der Waals surface area contributed by atoms with Crippen LogP contribution in [-0.2, 0) is 13.1 Å². The molecule has 7 heteroatoms. The highest BCUT2D eigenvalue weighted by atomic mass is 16.5. The molecule has 1 aromatic carbocycles. The number of nitrogens with one attached hydrogen (secondary N) is 2. The summed E-state index contributed by atoms with van der Waals surface area (Å²) in [7, 11) is 3.46. The van der Waals surface area contributed by atoms with Crippen LogP contribution in [0.15, 0.2) is 30.3 Å². The molecule has 0 bridgehead atoms. The number of methoxy groups -OCH3 is 1. The quantitative estimate of drug-likeness (QED) is 0.769. The lowest BCUT2D eigenvalue weighted by molar-refractivity contribution is 0.0944. The molecule has 7 nitrogen and oxygen atoms in total. The number of aromatic nitrogens is 1. The average Bonchev–Trinajstić information content (AvgIpc) is 3.49. The molecule has 4 rings (SSSR count). The SMILES string of the molecule is CNCc1cc(OC)cc2c1CN(c1cccc(C(=O)NCC3CC3)n1)C2=O. The summed E-state index contributed by atoms with van der Waals surface area (Å²) >= 11 is 0. The topological polar surface area (TPSA) is 83.6 Å². The van der Waals surface area contributed by atoms with Gasteiger partial charge in [-0.25, -0.2) is 4.98 Å². The molecule has 2 N–H and O–H groups in total. The zero-order valence-corrected chi connectivity index (χ0v) is 16.1. The Morgan fingerprint density at radius 2 is 2.14 bits per heavy atom. The molecule has 2 amide bonds. The van der Waals surface area contributed by atoms with Gasteiger partial charge < -0.3 is 15.4 Å². The first-order chi connectivity index (χ1) is 13.6. The van der Waals surface area contributed by atoms with Crippen LogP contribution in [0.1, 0.15) is 44.8 Å². The Morgan fingerprint density at radius 3 is 2.86 bits per heavy atom. The van der Waals surface area contributed by atoms with E-state index < -0.39 is 0 Å². The lowest BCUT2D eigenvalue weighted by Gasteiger charge is -2.15. The van der Waals surface area contributed by atoms with Crippen molar-refractivity contribution in [1.82, 2.24) is 15.6 Å². The summed E-state index contributed by atoms with van der Waals surface area (Å²) in [5, 5.41) is 6.05. The zero-order chi connectivity index (χ0) is 19.7. The van der Waals surface area contributed by atoms with E-state index in [-0.39, 0.29) is 11.8 Å². The fourth-order valence-corrected chi connectivity index (χ4v) is 3.46. The van der Waals surface area contributed by atoms with Crippen molar-refractivity contribution in [3.63, 3.8) is 0 Å². The van der Waals surface area contributed by atoms with Crippen molar-refractivity contribution in [3.8, 4) is 5.75 Å². The minimum Gasteiger partial charge on any atom is -0.497 e. The lowest BCUT2D eigenvalue weighted by atomic mass is 10.0. The smallest absolute Gasteiger partial charge is 0.269 e. The van der Waals surface area contributed by atoms with Crippen LogP contribution in [0.4, 0.5) is 5.82 Å². The predicted molar refractivity (Wildman–Crippen MR) is 106 cm³/mol. The first kappa shape index (κ1) is 18.4. The van der Waals surface area contributed by atoms with E-state index in [0.717, 1.165) is 11.1 Å². The van der Waals surface area contributed by atoms with Crippen molar-refractivity contribution in [1.29, 1.82) is 0 Å². The number of carbonyl (C=O) groups excluding carboxylic acids is 2. The molecule has 2 aromatic rings. The Labute approximate surface area is 164 Å². The van der Waals surface area contributed by atoms with Crippen molar-refractivity contribution in [2.75, 3.05) is 25.6 Å². The second-order valence-electron chi connectivity index (χ2n) is 7.27. The minimum atomic E-state index is -0.199. The number of nitrogens with zero attached hydrogens (tertiary/aromatic N) is 2. The fraction of sp³-hybridized carbons (Fsp3) is 0.381. The third kappa shape index (κ3) is 3.57. The van der Waals surface area contributed by atoms with Crippen molar-refractivity contribution in [2.24, 2.45) is 5.92 Å². The maximum Gasteiger partial charge on any atom is 0.269 e. The molecule has 0 saturated heterocycles. The fourth-order valence-electron chi connectivity index (χ4n) is 3.46. The van der Waals surface area contributed by atoms with Crippen molar-refractivity contribution in [3.05, 3.63) is 52.7 Å². The van der Waals surface area contributed by atoms with Gasteiger partial charge in [-0.2, -0.15) is 0 Å². The Morgan fingerprint density at radius 1 is 1.32 bits per heavy atom. The molecule has 1 aliphatic carbocycles. The van der Waals surface area contributed by atoms with E-state index in [1.165, 1.54) is 12.8 Å². The molecule has 0 unspecified atom stereocenters. The highest BCUT2D eigenvalue weighted by molar-refractivity contribution is 6.10. The summed E-state index contributed by atoms with van der Waals surface area (Å²) < 4.78 is 5.35. The number of pyridine rings is 1. The largest absolute Gasteiger partial charge is 0.497 e. The van der Waals surface area contributed by atoms with Crippen molar-refractivity contribution < 1.29 is 14.3 Å². The normalized spacial score (nSPS) is 15.5. The average molecular weight is 380 g/mol. The summed E-state index contributed by atoms with van der Waals surface area (Å²) in [6.45, 7) is 1.75. The summed E-state index contributed by atoms with van der Waals surface area (Å²) in [6, 6.07) is 8.91. The van der Waals surface area contributed by atoms with Gasteiger partial charge in [0.2, 0.25) is 0 Å². The minimum absolute atomic E-state index is 0.130. The number of amides is 2. The third-order valence-corrected chi connectivity index (χ3v) is 5.20. The Hall–Kier alpha value is -2.93. The first-order valence-corrected chi connectivity index (χ1v) is 9.52. The van der Waals surface area contributed by atoms with E-state index in [2.05, 4.69) is 15.6 Å². The van der Waals surface area contributed by atoms with Crippen LogP contribution in [-0.4, -0.2) is 37.5 Å². The highest BCUT2D eigenvalue weighted by Crippen LogP contribution is 2.33. The molecule has 0 spiro atoms. The van der Waals surface area contributed by atoms with Crippen LogP contribution in [0.3, 0.4) is 0 Å². The third-order valence-electron chi connectivity index (χ3n) is 5.20. The van der Waals surface area contributed by atoms with E-state index in [9.17, 15) is 9.59 Å². The molecular formula is C21H24N4O3. The van der Waals surface area contributed by atoms with Crippen molar-refractivity contribution in [2.45, 2.75) is 25.9 Å². The second-order valence-corrected chi connectivity index (χ2v) is 7.27. The molecule has 2 aliphatic rings. The number of hydrogen-bond donors (Lipinski definition) is 2. The van der Waals surface area contributed by atoms with Gasteiger partial charge in [-0.3, -0.25) is 14.5 Å². The zero-order valence-electron chi connectivity index (χ0n) is 16.1. The molecule has 1 fully saturated rings.